The molecule has 5 aromatic carbocycles. The van der Waals surface area contributed by atoms with Crippen molar-refractivity contribution >= 4 is 203 Å². The number of para-hydroxylation sites is 10. The lowest BCUT2D eigenvalue weighted by molar-refractivity contribution is 1.03. The third-order valence-corrected chi connectivity index (χ3v) is 16.3. The maximum Gasteiger partial charge on any atom is 0.187 e. The summed E-state index contributed by atoms with van der Waals surface area (Å²) in [5.41, 5.74) is 27.2. The number of hydrogen-bond acceptors (Lipinski definition) is 17. The van der Waals surface area contributed by atoms with Crippen LogP contribution in [0.25, 0.3) is 139 Å². The molecule has 20 aromatic rings. The predicted octanol–water partition coefficient (Wildman–Crippen LogP) is 18.1. The molecule has 0 N–H and O–H groups in total. The summed E-state index contributed by atoms with van der Waals surface area (Å²) in [6, 6.07) is 52.0. The highest BCUT2D eigenvalue weighted by Gasteiger charge is 2.19. The van der Waals surface area contributed by atoms with E-state index in [-0.39, 0.29) is 0 Å². The summed E-state index contributed by atoms with van der Waals surface area (Å²) in [5, 5.41) is 8.16. The van der Waals surface area contributed by atoms with Crippen molar-refractivity contribution in [1.82, 2.24) is 107 Å². The lowest BCUT2D eigenvalue weighted by Crippen LogP contribution is -2.20. The molecule has 115 heavy (non-hydrogen) atoms. The van der Waals surface area contributed by atoms with E-state index in [1.165, 1.54) is 6.33 Å². The molecule has 20 rings (SSSR count). The van der Waals surface area contributed by atoms with E-state index in [2.05, 4.69) is 116 Å². The summed E-state index contributed by atoms with van der Waals surface area (Å²) >= 11 is 0. The minimum atomic E-state index is 0.733. The van der Waals surface area contributed by atoms with Crippen LogP contribution in [0.15, 0.2) is 201 Å². The Morgan fingerprint density at radius 2 is 0.522 bits per heavy atom. The minimum Gasteiger partial charge on any atom is -0.290 e. The Bertz CT molecular complexity index is 5470. The molecule has 0 saturated heterocycles. The molecule has 22 nitrogen and oxygen atoms in total. The molecule has 0 unspecified atom stereocenters. The maximum atomic E-state index is 4.68. The van der Waals surface area contributed by atoms with E-state index in [1.807, 2.05) is 357 Å². The molecule has 0 amide bonds. The molecule has 0 aliphatic heterocycles. The summed E-state index contributed by atoms with van der Waals surface area (Å²) in [4.78, 5) is 67.6. The summed E-state index contributed by atoms with van der Waals surface area (Å²) in [6.07, 6.45) is 12.0. The third kappa shape index (κ3) is 19.5. The van der Waals surface area contributed by atoms with E-state index in [0.717, 1.165) is 167 Å². The van der Waals surface area contributed by atoms with Gasteiger partial charge in [0, 0.05) is 46.6 Å². The summed E-state index contributed by atoms with van der Waals surface area (Å²) in [5.74, 6) is 0. The van der Waals surface area contributed by atoms with Crippen LogP contribution < -0.4 is 28.0 Å². The number of imidazole rings is 5. The van der Waals surface area contributed by atoms with E-state index in [1.54, 1.807) is 37.2 Å². The topological polar surface area (TPSA) is 241 Å². The van der Waals surface area contributed by atoms with Gasteiger partial charge in [0.1, 0.15) is 39.7 Å². The Kier molecular flexibility index (Phi) is 37.7. The quantitative estimate of drug-likeness (QED) is 0.145. The Labute approximate surface area is 680 Å². The second-order valence-corrected chi connectivity index (χ2v) is 21.8. The van der Waals surface area contributed by atoms with Crippen molar-refractivity contribution in [3.63, 3.8) is 0 Å². The fourth-order valence-corrected chi connectivity index (χ4v) is 12.1. The number of fused-ring (bicyclic) bond motifs is 25. The number of benzene rings is 5. The van der Waals surface area contributed by atoms with Gasteiger partial charge in [0.15, 0.2) is 75.9 Å². The van der Waals surface area contributed by atoms with E-state index in [9.17, 15) is 0 Å². The van der Waals surface area contributed by atoms with E-state index in [4.69, 9.17) is 0 Å². The number of pyridine rings is 3. The van der Waals surface area contributed by atoms with Crippen LogP contribution in [0.3, 0.4) is 0 Å². The first-order valence-electron chi connectivity index (χ1n) is 40.7. The SMILES string of the molecule is CC.CC.CC.CC.CC.CC.CC.CC.CC.CC.C[B]c1nc2cccnc2n2c1nc1ccccc12.C[B]c1nc2ccnnc2n2c1nc1ccccc12.C[B]c1nc2cnccc2n2c1nc1ccccc12.C[B]c1nc2cncnc2n2c1nc1ccccc12.C[B]c1nc2ncccc2n2c1nc1ccccc12. The third-order valence-electron chi connectivity index (χ3n) is 16.3. The van der Waals surface area contributed by atoms with Crippen LogP contribution in [0.4, 0.5) is 0 Å². The first kappa shape index (κ1) is 91.6. The highest BCUT2D eigenvalue weighted by atomic mass is 15.2. The van der Waals surface area contributed by atoms with Crippen LogP contribution >= 0.6 is 0 Å². The normalized spacial score (nSPS) is 9.96. The van der Waals surface area contributed by atoms with Crippen LogP contribution in [0, 0.1) is 0 Å². The van der Waals surface area contributed by atoms with E-state index < -0.39 is 0 Å². The van der Waals surface area contributed by atoms with E-state index >= 15 is 0 Å². The van der Waals surface area contributed by atoms with Crippen molar-refractivity contribution in [2.45, 2.75) is 173 Å². The fraction of sp³-hybridized carbons (Fsp3) is 0.284. The molecule has 0 bridgehead atoms. The van der Waals surface area contributed by atoms with Gasteiger partial charge in [0.2, 0.25) is 0 Å². The largest absolute Gasteiger partial charge is 0.290 e. The van der Waals surface area contributed by atoms with Crippen molar-refractivity contribution in [2.75, 3.05) is 0 Å². The molecule has 5 radical (unpaired) electrons. The second kappa shape index (κ2) is 47.3. The summed E-state index contributed by atoms with van der Waals surface area (Å²) in [6.45, 7) is 49.8. The van der Waals surface area contributed by atoms with Crippen molar-refractivity contribution in [1.29, 1.82) is 0 Å². The highest BCUT2D eigenvalue weighted by Crippen LogP contribution is 2.25. The van der Waals surface area contributed by atoms with Crippen molar-refractivity contribution in [3.05, 3.63) is 201 Å². The molecule has 0 aliphatic rings. The maximum absolute atomic E-state index is 4.68. The Hall–Kier alpha value is -12.3. The molecule has 0 saturated carbocycles. The van der Waals surface area contributed by atoms with Gasteiger partial charge in [-0.1, -0.05) is 233 Å². The van der Waals surface area contributed by atoms with Crippen LogP contribution in [0.2, 0.25) is 34.1 Å². The predicted molar refractivity (Wildman–Crippen MR) is 494 cm³/mol. The van der Waals surface area contributed by atoms with Crippen LogP contribution in [-0.4, -0.2) is 143 Å². The van der Waals surface area contributed by atoms with Crippen LogP contribution in [-0.2, 0) is 0 Å². The minimum absolute atomic E-state index is 0.733. The van der Waals surface area contributed by atoms with Crippen molar-refractivity contribution in [3.8, 4) is 0 Å². The van der Waals surface area contributed by atoms with Gasteiger partial charge in [0.05, 0.1) is 84.8 Å². The van der Waals surface area contributed by atoms with Gasteiger partial charge in [-0.3, -0.25) is 46.9 Å². The van der Waals surface area contributed by atoms with E-state index in [0.29, 0.717) is 0 Å². The van der Waals surface area contributed by atoms with Gasteiger partial charge in [-0.05, 0) is 97.1 Å². The molecule has 0 fully saturated rings. The smallest absolute Gasteiger partial charge is 0.187 e. The van der Waals surface area contributed by atoms with Gasteiger partial charge >= 0.3 is 0 Å². The first-order chi connectivity index (χ1) is 56.9. The Morgan fingerprint density at radius 3 is 0.957 bits per heavy atom. The monoisotopic (exact) mass is 1530 g/mol. The second-order valence-electron chi connectivity index (χ2n) is 21.8. The lowest BCUT2D eigenvalue weighted by atomic mass is 9.78. The molecule has 27 heteroatoms. The van der Waals surface area contributed by atoms with Gasteiger partial charge in [-0.2, -0.15) is 5.10 Å². The zero-order chi connectivity index (χ0) is 84.1. The zero-order valence-corrected chi connectivity index (χ0v) is 71.8. The Balaban J connectivity index is 0.000000212. The van der Waals surface area contributed by atoms with Gasteiger partial charge < -0.3 is 0 Å². The molecular formula is C88H108B5N22. The molecule has 585 valence electrons. The molecule has 0 aliphatic carbocycles. The standard InChI is InChI=1S/3C14H10BN4.2C13H9BN5.10C2H6/c1-15-12-14-18-9-5-2-3-7-11(9)19(14)13-10(17-12)6-4-8-16-13;1-15-12-14-17-9-5-2-3-6-10(9)19(14)11-7-4-8-16-13(11)18-12;1-15-13-14-18-9-4-2-3-5-11(9)19(14)12-6-7-16-8-10(12)17-13;1-14-11-13-18-8-4-2-3-5-10(8)19(13)12-9(17-11)6-15-7-16-12;1-14-11-13-17-8-4-2-3-5-10(8)19(13)12-9(16-11)6-7-15-18-12;10*1-2/h3*2-8H,1H3;2*2-7H,1H3;10*1-2H3. The van der Waals surface area contributed by atoms with Crippen molar-refractivity contribution < 1.29 is 0 Å². The Morgan fingerprint density at radius 1 is 0.217 bits per heavy atom. The number of nitrogens with zero attached hydrogens (tertiary/aromatic N) is 22. The highest BCUT2D eigenvalue weighted by molar-refractivity contribution is 6.55. The fourth-order valence-electron chi connectivity index (χ4n) is 12.1. The van der Waals surface area contributed by atoms with Crippen LogP contribution in [0.1, 0.15) is 138 Å². The molecule has 15 heterocycles. The molecular weight excluding hydrogens is 1420 g/mol. The zero-order valence-electron chi connectivity index (χ0n) is 71.8. The molecule has 0 atom stereocenters. The van der Waals surface area contributed by atoms with Crippen LogP contribution in [0.5, 0.6) is 0 Å². The number of hydrogen-bond donors (Lipinski definition) is 0. The number of aromatic nitrogens is 22. The van der Waals surface area contributed by atoms with Gasteiger partial charge in [-0.25, -0.2) is 49.8 Å². The number of rotatable bonds is 5. The summed E-state index contributed by atoms with van der Waals surface area (Å²) in [7, 11) is 9.84. The lowest BCUT2D eigenvalue weighted by Gasteiger charge is -2.05. The molecule has 15 aromatic heterocycles. The summed E-state index contributed by atoms with van der Waals surface area (Å²) < 4.78 is 10.4. The van der Waals surface area contributed by atoms with Gasteiger partial charge in [0.25, 0.3) is 0 Å². The van der Waals surface area contributed by atoms with Crippen molar-refractivity contribution in [2.24, 2.45) is 0 Å². The first-order valence-corrected chi connectivity index (χ1v) is 40.7. The average Bonchev–Trinajstić information content (AvgIpc) is 1.63. The average molecular weight is 1530 g/mol. The van der Waals surface area contributed by atoms with Gasteiger partial charge in [-0.15, -0.1) is 5.10 Å². The molecule has 0 spiro atoms.